The second kappa shape index (κ2) is 11.4. The lowest BCUT2D eigenvalue weighted by atomic mass is 9.70. The lowest BCUT2D eigenvalue weighted by Crippen LogP contribution is -2.26. The summed E-state index contributed by atoms with van der Waals surface area (Å²) in [6.45, 7) is 0. The molecule has 2 heteroatoms. The van der Waals surface area contributed by atoms with Crippen molar-refractivity contribution < 1.29 is 4.42 Å². The summed E-state index contributed by atoms with van der Waals surface area (Å²) in [5.74, 6) is 0. The minimum absolute atomic E-state index is 0.416. The molecule has 0 radical (unpaired) electrons. The van der Waals surface area contributed by atoms with E-state index >= 15 is 0 Å². The number of benzene rings is 9. The Hall–Kier alpha value is -7.16. The predicted molar refractivity (Wildman–Crippen MR) is 228 cm³/mol. The van der Waals surface area contributed by atoms with E-state index < -0.39 is 5.41 Å². The van der Waals surface area contributed by atoms with E-state index in [1.807, 2.05) is 6.07 Å². The third-order valence-electron chi connectivity index (χ3n) is 12.1. The van der Waals surface area contributed by atoms with Gasteiger partial charge in [-0.3, -0.25) is 0 Å². The van der Waals surface area contributed by atoms with Crippen LogP contribution in [0.15, 0.2) is 205 Å². The largest absolute Gasteiger partial charge is 0.456 e. The van der Waals surface area contributed by atoms with Crippen molar-refractivity contribution in [2.75, 3.05) is 4.90 Å². The van der Waals surface area contributed by atoms with Crippen molar-refractivity contribution in [3.8, 4) is 33.4 Å². The van der Waals surface area contributed by atoms with Gasteiger partial charge in [-0.05, 0) is 110 Å². The van der Waals surface area contributed by atoms with Gasteiger partial charge in [0.15, 0.2) is 0 Å². The van der Waals surface area contributed by atoms with Crippen LogP contribution in [0.25, 0.3) is 66.1 Å². The van der Waals surface area contributed by atoms with Gasteiger partial charge in [0.1, 0.15) is 11.2 Å². The Morgan fingerprint density at radius 3 is 1.67 bits per heavy atom. The van der Waals surface area contributed by atoms with Crippen molar-refractivity contribution >= 4 is 49.8 Å². The molecule has 1 aromatic heterocycles. The number of hydrogen-bond acceptors (Lipinski definition) is 2. The summed E-state index contributed by atoms with van der Waals surface area (Å²) in [6.07, 6.45) is 0. The van der Waals surface area contributed by atoms with E-state index in [2.05, 4.69) is 199 Å². The topological polar surface area (TPSA) is 16.4 Å². The number of fused-ring (bicyclic) bond motifs is 15. The summed E-state index contributed by atoms with van der Waals surface area (Å²) >= 11 is 0. The Kier molecular flexibility index (Phi) is 6.29. The van der Waals surface area contributed by atoms with Gasteiger partial charge in [0.2, 0.25) is 0 Å². The van der Waals surface area contributed by atoms with Crippen LogP contribution in [0.2, 0.25) is 0 Å². The third kappa shape index (κ3) is 4.14. The maximum absolute atomic E-state index is 6.36. The van der Waals surface area contributed by atoms with Crippen LogP contribution in [0.4, 0.5) is 17.1 Å². The molecule has 2 aliphatic carbocycles. The van der Waals surface area contributed by atoms with Crippen LogP contribution in [-0.4, -0.2) is 0 Å². The Bertz CT molecular complexity index is 3110. The zero-order valence-electron chi connectivity index (χ0n) is 29.9. The van der Waals surface area contributed by atoms with Gasteiger partial charge >= 0.3 is 0 Å². The van der Waals surface area contributed by atoms with E-state index in [1.165, 1.54) is 60.8 Å². The van der Waals surface area contributed by atoms with Gasteiger partial charge in [-0.25, -0.2) is 0 Å². The predicted octanol–water partition coefficient (Wildman–Crippen LogP) is 14.2. The SMILES string of the molecule is c1ccc(N(c2cccc(-c3cccc4ccc5oc6ccccc6c5c34)c2)c2ccc3c(c2)C2(c4ccccc4-c4ccccc42)c2ccccc2-3)cc1. The molecule has 1 spiro atoms. The molecular formula is C53H33NO. The van der Waals surface area contributed by atoms with Gasteiger partial charge in [0.25, 0.3) is 0 Å². The molecule has 12 rings (SSSR count). The molecule has 256 valence electrons. The average Bonchev–Trinajstić information content (AvgIpc) is 3.88. The average molecular weight is 700 g/mol. The first kappa shape index (κ1) is 30.3. The highest BCUT2D eigenvalue weighted by Gasteiger charge is 2.51. The van der Waals surface area contributed by atoms with Crippen LogP contribution in [-0.2, 0) is 5.41 Å². The van der Waals surface area contributed by atoms with Gasteiger partial charge in [0, 0.05) is 33.2 Å². The summed E-state index contributed by atoms with van der Waals surface area (Å²) < 4.78 is 6.36. The number of nitrogens with zero attached hydrogens (tertiary/aromatic N) is 1. The molecule has 0 unspecified atom stereocenters. The summed E-state index contributed by atoms with van der Waals surface area (Å²) in [7, 11) is 0. The lowest BCUT2D eigenvalue weighted by Gasteiger charge is -2.32. The Balaban J connectivity index is 1.09. The van der Waals surface area contributed by atoms with Crippen LogP contribution in [0.1, 0.15) is 22.3 Å². The molecule has 2 nitrogen and oxygen atoms in total. The minimum Gasteiger partial charge on any atom is -0.456 e. The smallest absolute Gasteiger partial charge is 0.136 e. The third-order valence-corrected chi connectivity index (χ3v) is 12.1. The first-order valence-corrected chi connectivity index (χ1v) is 19.0. The summed E-state index contributed by atoms with van der Waals surface area (Å²) in [4.78, 5) is 2.42. The normalized spacial score (nSPS) is 13.2. The first-order valence-electron chi connectivity index (χ1n) is 19.0. The highest BCUT2D eigenvalue weighted by molar-refractivity contribution is 6.22. The molecule has 2 aliphatic rings. The zero-order chi connectivity index (χ0) is 36.1. The molecule has 0 amide bonds. The van der Waals surface area contributed by atoms with E-state index in [0.29, 0.717) is 0 Å². The number of para-hydroxylation sites is 2. The number of anilines is 3. The van der Waals surface area contributed by atoms with E-state index in [0.717, 1.165) is 44.6 Å². The van der Waals surface area contributed by atoms with Crippen molar-refractivity contribution in [1.82, 2.24) is 0 Å². The van der Waals surface area contributed by atoms with Crippen molar-refractivity contribution in [2.24, 2.45) is 0 Å². The van der Waals surface area contributed by atoms with E-state index in [1.54, 1.807) is 0 Å². The minimum atomic E-state index is -0.416. The van der Waals surface area contributed by atoms with Crippen molar-refractivity contribution in [3.05, 3.63) is 222 Å². The summed E-state index contributed by atoms with van der Waals surface area (Å²) in [5.41, 5.74) is 17.7. The maximum atomic E-state index is 6.36. The van der Waals surface area contributed by atoms with Crippen LogP contribution < -0.4 is 4.90 Å². The number of hydrogen-bond donors (Lipinski definition) is 0. The molecule has 0 saturated heterocycles. The van der Waals surface area contributed by atoms with Gasteiger partial charge < -0.3 is 9.32 Å². The molecule has 0 fully saturated rings. The van der Waals surface area contributed by atoms with Gasteiger partial charge in [-0.15, -0.1) is 0 Å². The molecule has 0 bridgehead atoms. The first-order chi connectivity index (χ1) is 27.3. The molecule has 9 aromatic carbocycles. The van der Waals surface area contributed by atoms with Crippen molar-refractivity contribution in [3.63, 3.8) is 0 Å². The van der Waals surface area contributed by atoms with Crippen LogP contribution >= 0.6 is 0 Å². The van der Waals surface area contributed by atoms with Gasteiger partial charge in [-0.1, -0.05) is 152 Å². The van der Waals surface area contributed by atoms with E-state index in [9.17, 15) is 0 Å². The number of rotatable bonds is 4. The number of furan rings is 1. The molecule has 0 saturated carbocycles. The Labute approximate surface area is 319 Å². The fraction of sp³-hybridized carbons (Fsp3) is 0.0189. The Morgan fingerprint density at radius 1 is 0.345 bits per heavy atom. The molecular weight excluding hydrogens is 667 g/mol. The van der Waals surface area contributed by atoms with Crippen LogP contribution in [0.3, 0.4) is 0 Å². The quantitative estimate of drug-likeness (QED) is 0.182. The second-order valence-corrected chi connectivity index (χ2v) is 14.8. The second-order valence-electron chi connectivity index (χ2n) is 14.8. The monoisotopic (exact) mass is 699 g/mol. The highest BCUT2D eigenvalue weighted by Crippen LogP contribution is 2.63. The molecule has 1 heterocycles. The summed E-state index contributed by atoms with van der Waals surface area (Å²) in [5, 5.41) is 4.71. The van der Waals surface area contributed by atoms with E-state index in [-0.39, 0.29) is 0 Å². The zero-order valence-corrected chi connectivity index (χ0v) is 29.9. The van der Waals surface area contributed by atoms with Gasteiger partial charge in [-0.2, -0.15) is 0 Å². The van der Waals surface area contributed by atoms with Crippen molar-refractivity contribution in [2.45, 2.75) is 5.41 Å². The standard InChI is InChI=1S/C53H33NO/c1-2-16-36(17-3-1)54(37-18-12-15-35(32-37)39-23-13-14-34-28-31-50-52(51(34)39)44-22-7-11-27-49(44)55-50)38-29-30-43-42-21-6-10-26-47(42)53(48(43)33-38)45-24-8-4-19-40(45)41-20-5-9-25-46(41)53/h1-33H. The molecule has 0 N–H and O–H groups in total. The van der Waals surface area contributed by atoms with Crippen molar-refractivity contribution in [1.29, 1.82) is 0 Å². The fourth-order valence-electron chi connectivity index (χ4n) is 9.89. The molecule has 0 atom stereocenters. The van der Waals surface area contributed by atoms with Crippen LogP contribution in [0.5, 0.6) is 0 Å². The highest BCUT2D eigenvalue weighted by atomic mass is 16.3. The lowest BCUT2D eigenvalue weighted by molar-refractivity contribution is 0.669. The Morgan fingerprint density at radius 2 is 0.927 bits per heavy atom. The van der Waals surface area contributed by atoms with E-state index in [4.69, 9.17) is 4.42 Å². The summed E-state index contributed by atoms with van der Waals surface area (Å²) in [6, 6.07) is 73.3. The van der Waals surface area contributed by atoms with Gasteiger partial charge in [0.05, 0.1) is 5.41 Å². The molecule has 55 heavy (non-hydrogen) atoms. The maximum Gasteiger partial charge on any atom is 0.136 e. The molecule has 0 aliphatic heterocycles. The molecule has 10 aromatic rings. The fourth-order valence-corrected chi connectivity index (χ4v) is 9.89. The van der Waals surface area contributed by atoms with Crippen LogP contribution in [0, 0.1) is 0 Å².